The molecule has 3 aromatic rings. The van der Waals surface area contributed by atoms with Gasteiger partial charge >= 0.3 is 0 Å². The lowest BCUT2D eigenvalue weighted by Gasteiger charge is -2.12. The lowest BCUT2D eigenvalue weighted by Crippen LogP contribution is -2.22. The number of benzene rings is 1. The lowest BCUT2D eigenvalue weighted by atomic mass is 10.1. The third kappa shape index (κ3) is 3.12. The van der Waals surface area contributed by atoms with E-state index >= 15 is 0 Å². The number of aromatic nitrogens is 5. The quantitative estimate of drug-likeness (QED) is 0.743. The fourth-order valence-corrected chi connectivity index (χ4v) is 2.43. The first-order valence-electron chi connectivity index (χ1n) is 7.49. The zero-order valence-electron chi connectivity index (χ0n) is 13.8. The monoisotopic (exact) mass is 325 g/mol. The van der Waals surface area contributed by atoms with Crippen molar-refractivity contribution in [3.05, 3.63) is 53.7 Å². The predicted molar refractivity (Wildman–Crippen MR) is 90.0 cm³/mol. The molecule has 0 radical (unpaired) electrons. The molecule has 0 fully saturated rings. The first-order valence-corrected chi connectivity index (χ1v) is 7.49. The Morgan fingerprint density at radius 3 is 2.88 bits per heavy atom. The highest BCUT2D eigenvalue weighted by Gasteiger charge is 2.15. The predicted octanol–water partition coefficient (Wildman–Crippen LogP) is 1.61. The molecule has 0 saturated heterocycles. The summed E-state index contributed by atoms with van der Waals surface area (Å²) in [5.41, 5.74) is 3.69. The summed E-state index contributed by atoms with van der Waals surface area (Å²) in [7, 11) is 3.43. The number of nitrogens with zero attached hydrogens (tertiary/aromatic N) is 5. The van der Waals surface area contributed by atoms with Gasteiger partial charge in [-0.2, -0.15) is 10.2 Å². The SMILES string of the molecule is Cc1cc(CNc2[nH]ncc2C(=O)N(C)C)ccc1-n1cncn1. The summed E-state index contributed by atoms with van der Waals surface area (Å²) in [4.78, 5) is 17.6. The average molecular weight is 325 g/mol. The van der Waals surface area contributed by atoms with Crippen LogP contribution >= 0.6 is 0 Å². The molecule has 0 bridgehead atoms. The van der Waals surface area contributed by atoms with E-state index in [1.165, 1.54) is 17.4 Å². The molecule has 2 heterocycles. The number of anilines is 1. The van der Waals surface area contributed by atoms with E-state index in [0.717, 1.165) is 16.8 Å². The summed E-state index contributed by atoms with van der Waals surface area (Å²) in [6.07, 6.45) is 4.71. The number of hydrogen-bond donors (Lipinski definition) is 2. The molecular weight excluding hydrogens is 306 g/mol. The van der Waals surface area contributed by atoms with Crippen LogP contribution in [0.3, 0.4) is 0 Å². The third-order valence-corrected chi connectivity index (χ3v) is 3.67. The number of aromatic amines is 1. The van der Waals surface area contributed by atoms with E-state index < -0.39 is 0 Å². The summed E-state index contributed by atoms with van der Waals surface area (Å²) >= 11 is 0. The minimum absolute atomic E-state index is 0.0936. The molecule has 2 aromatic heterocycles. The molecule has 8 heteroatoms. The maximum absolute atomic E-state index is 12.1. The van der Waals surface area contributed by atoms with Gasteiger partial charge < -0.3 is 10.2 Å². The van der Waals surface area contributed by atoms with E-state index in [2.05, 4.69) is 31.7 Å². The Morgan fingerprint density at radius 2 is 2.21 bits per heavy atom. The van der Waals surface area contributed by atoms with Crippen molar-refractivity contribution in [3.8, 4) is 5.69 Å². The molecule has 0 aliphatic rings. The van der Waals surface area contributed by atoms with E-state index in [-0.39, 0.29) is 5.91 Å². The van der Waals surface area contributed by atoms with Crippen molar-refractivity contribution in [2.75, 3.05) is 19.4 Å². The number of carbonyl (C=O) groups excluding carboxylic acids is 1. The van der Waals surface area contributed by atoms with Crippen LogP contribution in [0.4, 0.5) is 5.82 Å². The van der Waals surface area contributed by atoms with Gasteiger partial charge in [-0.1, -0.05) is 12.1 Å². The van der Waals surface area contributed by atoms with Crippen LogP contribution in [0.15, 0.2) is 37.1 Å². The molecule has 8 nitrogen and oxygen atoms in total. The van der Waals surface area contributed by atoms with Crippen molar-refractivity contribution in [3.63, 3.8) is 0 Å². The van der Waals surface area contributed by atoms with Crippen LogP contribution in [0, 0.1) is 6.92 Å². The van der Waals surface area contributed by atoms with Gasteiger partial charge in [0, 0.05) is 20.6 Å². The Morgan fingerprint density at radius 1 is 1.38 bits per heavy atom. The fraction of sp³-hybridized carbons (Fsp3) is 0.250. The molecule has 3 rings (SSSR count). The Balaban J connectivity index is 1.73. The Labute approximate surface area is 139 Å². The van der Waals surface area contributed by atoms with Crippen LogP contribution in [-0.4, -0.2) is 49.9 Å². The van der Waals surface area contributed by atoms with Crippen molar-refractivity contribution in [1.29, 1.82) is 0 Å². The molecule has 1 aromatic carbocycles. The number of amides is 1. The van der Waals surface area contributed by atoms with Crippen LogP contribution in [0.2, 0.25) is 0 Å². The van der Waals surface area contributed by atoms with Crippen molar-refractivity contribution in [2.24, 2.45) is 0 Å². The summed E-state index contributed by atoms with van der Waals surface area (Å²) in [6, 6.07) is 6.09. The first kappa shape index (κ1) is 15.7. The van der Waals surface area contributed by atoms with E-state index in [1.807, 2.05) is 19.1 Å². The van der Waals surface area contributed by atoms with E-state index in [4.69, 9.17) is 0 Å². The topological polar surface area (TPSA) is 91.7 Å². The van der Waals surface area contributed by atoms with Gasteiger partial charge in [0.1, 0.15) is 24.0 Å². The zero-order chi connectivity index (χ0) is 17.1. The van der Waals surface area contributed by atoms with Crippen LogP contribution in [-0.2, 0) is 6.54 Å². The van der Waals surface area contributed by atoms with Gasteiger partial charge in [0.2, 0.25) is 0 Å². The third-order valence-electron chi connectivity index (χ3n) is 3.67. The number of hydrogen-bond acceptors (Lipinski definition) is 5. The second-order valence-electron chi connectivity index (χ2n) is 5.67. The number of aryl methyl sites for hydroxylation is 1. The summed E-state index contributed by atoms with van der Waals surface area (Å²) in [5.74, 6) is 0.524. The fourth-order valence-electron chi connectivity index (χ4n) is 2.43. The molecule has 124 valence electrons. The van der Waals surface area contributed by atoms with Crippen LogP contribution < -0.4 is 5.32 Å². The van der Waals surface area contributed by atoms with Crippen LogP contribution in [0.5, 0.6) is 0 Å². The number of carbonyl (C=O) groups is 1. The summed E-state index contributed by atoms with van der Waals surface area (Å²) < 4.78 is 1.73. The lowest BCUT2D eigenvalue weighted by molar-refractivity contribution is 0.0828. The Kier molecular flexibility index (Phi) is 4.28. The summed E-state index contributed by atoms with van der Waals surface area (Å²) in [6.45, 7) is 2.60. The van der Waals surface area contributed by atoms with E-state index in [1.54, 1.807) is 25.1 Å². The van der Waals surface area contributed by atoms with Gasteiger partial charge in [-0.3, -0.25) is 9.89 Å². The minimum Gasteiger partial charge on any atom is -0.366 e. The van der Waals surface area contributed by atoms with Crippen molar-refractivity contribution >= 4 is 11.7 Å². The van der Waals surface area contributed by atoms with Gasteiger partial charge in [0.15, 0.2) is 0 Å². The maximum Gasteiger partial charge on any atom is 0.258 e. The highest BCUT2D eigenvalue weighted by atomic mass is 16.2. The van der Waals surface area contributed by atoms with Crippen LogP contribution in [0.1, 0.15) is 21.5 Å². The van der Waals surface area contributed by atoms with Gasteiger partial charge in [-0.25, -0.2) is 9.67 Å². The minimum atomic E-state index is -0.0936. The first-order chi connectivity index (χ1) is 11.6. The molecule has 2 N–H and O–H groups in total. The van der Waals surface area contributed by atoms with Crippen LogP contribution in [0.25, 0.3) is 5.69 Å². The largest absolute Gasteiger partial charge is 0.366 e. The van der Waals surface area contributed by atoms with E-state index in [9.17, 15) is 4.79 Å². The molecular formula is C16H19N7O. The van der Waals surface area contributed by atoms with E-state index in [0.29, 0.717) is 17.9 Å². The second kappa shape index (κ2) is 6.53. The molecule has 0 saturated carbocycles. The normalized spacial score (nSPS) is 10.6. The molecule has 0 spiro atoms. The number of H-pyrrole nitrogens is 1. The Bertz CT molecular complexity index is 836. The van der Waals surface area contributed by atoms with Gasteiger partial charge in [0.05, 0.1) is 11.9 Å². The maximum atomic E-state index is 12.1. The van der Waals surface area contributed by atoms with Gasteiger partial charge in [0.25, 0.3) is 5.91 Å². The highest BCUT2D eigenvalue weighted by Crippen LogP contribution is 2.17. The molecule has 0 aliphatic carbocycles. The summed E-state index contributed by atoms with van der Waals surface area (Å²) in [5, 5.41) is 14.2. The molecule has 0 atom stereocenters. The highest BCUT2D eigenvalue weighted by molar-refractivity contribution is 5.98. The van der Waals surface area contributed by atoms with Crippen molar-refractivity contribution in [1.82, 2.24) is 29.9 Å². The molecule has 1 amide bonds. The Hall–Kier alpha value is -3.16. The molecule has 0 aliphatic heterocycles. The number of nitrogens with one attached hydrogen (secondary N) is 2. The average Bonchev–Trinajstić information content (AvgIpc) is 3.23. The second-order valence-corrected chi connectivity index (χ2v) is 5.67. The molecule has 24 heavy (non-hydrogen) atoms. The van der Waals surface area contributed by atoms with Crippen molar-refractivity contribution in [2.45, 2.75) is 13.5 Å². The van der Waals surface area contributed by atoms with Gasteiger partial charge in [-0.05, 0) is 24.1 Å². The molecule has 0 unspecified atom stereocenters. The van der Waals surface area contributed by atoms with Gasteiger partial charge in [-0.15, -0.1) is 0 Å². The zero-order valence-corrected chi connectivity index (χ0v) is 13.8. The number of rotatable bonds is 5. The standard InChI is InChI=1S/C16H19N7O/c1-11-6-12(4-5-14(11)23-10-17-9-20-23)7-18-15-13(8-19-21-15)16(24)22(2)3/h4-6,8-10H,7H2,1-3H3,(H2,18,19,21). The van der Waals surface area contributed by atoms with Crippen molar-refractivity contribution < 1.29 is 4.79 Å². The smallest absolute Gasteiger partial charge is 0.258 e.